The minimum atomic E-state index is -1.13. The maximum atomic E-state index is 13.9. The molecule has 112 valence electrons. The number of hydrogen-bond donors (Lipinski definition) is 0. The molecule has 0 aliphatic rings. The van der Waals surface area contributed by atoms with Crippen LogP contribution >= 0.6 is 34.8 Å². The molecule has 0 atom stereocenters. The normalized spacial score (nSPS) is 11.3. The molecular weight excluding hydrogens is 352 g/mol. The highest BCUT2D eigenvalue weighted by molar-refractivity contribution is 6.44. The lowest BCUT2D eigenvalue weighted by Crippen LogP contribution is -2.05. The third kappa shape index (κ3) is 2.58. The molecule has 3 rings (SSSR count). The zero-order valence-electron chi connectivity index (χ0n) is 10.8. The Morgan fingerprint density at radius 2 is 1.86 bits per heavy atom. The minimum Gasteiger partial charge on any atom is -0.403 e. The van der Waals surface area contributed by atoms with Crippen molar-refractivity contribution in [1.29, 1.82) is 0 Å². The highest BCUT2D eigenvalue weighted by Gasteiger charge is 2.20. The maximum absolute atomic E-state index is 13.9. The van der Waals surface area contributed by atoms with Crippen LogP contribution in [0.25, 0.3) is 22.4 Å². The summed E-state index contributed by atoms with van der Waals surface area (Å²) in [5.41, 5.74) is -0.104. The fourth-order valence-electron chi connectivity index (χ4n) is 2.14. The molecule has 0 aliphatic carbocycles. The van der Waals surface area contributed by atoms with E-state index in [0.29, 0.717) is 5.52 Å². The lowest BCUT2D eigenvalue weighted by molar-refractivity contribution is 0.516. The quantitative estimate of drug-likeness (QED) is 0.597. The number of aromatic nitrogens is 1. The molecule has 0 saturated carbocycles. The standard InChI is InChI=1S/C15H7Cl3FNO2/c16-8-4-2-6-10-12(8)15(21)22-14(20-10)7-3-1-5-9(19)11(7)13(17)18/h1-6,13H. The second-order valence-corrected chi connectivity index (χ2v) is 5.95. The van der Waals surface area contributed by atoms with Crippen LogP contribution in [0.2, 0.25) is 5.02 Å². The van der Waals surface area contributed by atoms with Crippen LogP contribution in [-0.4, -0.2) is 4.98 Å². The molecule has 3 aromatic rings. The number of hydrogen-bond acceptors (Lipinski definition) is 3. The minimum absolute atomic E-state index is 0.00265. The van der Waals surface area contributed by atoms with Crippen molar-refractivity contribution < 1.29 is 8.81 Å². The SMILES string of the molecule is O=c1oc(-c2cccc(F)c2C(Cl)Cl)nc2cccc(Cl)c12. The highest BCUT2D eigenvalue weighted by Crippen LogP contribution is 2.35. The molecule has 2 aromatic carbocycles. The van der Waals surface area contributed by atoms with Gasteiger partial charge in [-0.05, 0) is 24.3 Å². The van der Waals surface area contributed by atoms with E-state index < -0.39 is 16.3 Å². The number of nitrogens with zero attached hydrogens (tertiary/aromatic N) is 1. The van der Waals surface area contributed by atoms with Crippen LogP contribution in [0, 0.1) is 5.82 Å². The second-order valence-electron chi connectivity index (χ2n) is 4.44. The van der Waals surface area contributed by atoms with Gasteiger partial charge in [-0.15, -0.1) is 0 Å². The van der Waals surface area contributed by atoms with Crippen LogP contribution in [0.3, 0.4) is 0 Å². The number of halogens is 4. The summed E-state index contributed by atoms with van der Waals surface area (Å²) >= 11 is 17.6. The van der Waals surface area contributed by atoms with E-state index >= 15 is 0 Å². The van der Waals surface area contributed by atoms with Crippen molar-refractivity contribution in [2.24, 2.45) is 0 Å². The van der Waals surface area contributed by atoms with Crippen molar-refractivity contribution >= 4 is 45.7 Å². The Balaban J connectivity index is 2.33. The highest BCUT2D eigenvalue weighted by atomic mass is 35.5. The summed E-state index contributed by atoms with van der Waals surface area (Å²) in [6, 6.07) is 9.01. The predicted octanol–water partition coefficient (Wildman–Crippen LogP) is 5.12. The third-order valence-corrected chi connectivity index (χ3v) is 3.86. The molecule has 1 aromatic heterocycles. The molecule has 0 spiro atoms. The van der Waals surface area contributed by atoms with Gasteiger partial charge in [0.1, 0.15) is 16.0 Å². The molecule has 0 unspecified atom stereocenters. The Morgan fingerprint density at radius 3 is 2.59 bits per heavy atom. The van der Waals surface area contributed by atoms with Crippen LogP contribution in [0.15, 0.2) is 45.6 Å². The van der Waals surface area contributed by atoms with E-state index in [4.69, 9.17) is 39.2 Å². The summed E-state index contributed by atoms with van der Waals surface area (Å²) in [6.07, 6.45) is 0. The zero-order valence-corrected chi connectivity index (χ0v) is 13.1. The molecule has 0 N–H and O–H groups in total. The van der Waals surface area contributed by atoms with Crippen LogP contribution in [0.5, 0.6) is 0 Å². The van der Waals surface area contributed by atoms with Crippen molar-refractivity contribution in [3.8, 4) is 11.5 Å². The topological polar surface area (TPSA) is 43.1 Å². The average molecular weight is 359 g/mol. The van der Waals surface area contributed by atoms with Gasteiger partial charge in [-0.2, -0.15) is 0 Å². The van der Waals surface area contributed by atoms with Crippen molar-refractivity contribution in [3.63, 3.8) is 0 Å². The fraction of sp³-hybridized carbons (Fsp3) is 0.0667. The second kappa shape index (κ2) is 5.88. The summed E-state index contributed by atoms with van der Waals surface area (Å²) in [7, 11) is 0. The van der Waals surface area contributed by atoms with Gasteiger partial charge in [0, 0.05) is 11.1 Å². The number of rotatable bonds is 2. The van der Waals surface area contributed by atoms with E-state index in [0.717, 1.165) is 0 Å². The largest absolute Gasteiger partial charge is 0.403 e. The first-order valence-electron chi connectivity index (χ1n) is 6.15. The first-order chi connectivity index (χ1) is 10.5. The van der Waals surface area contributed by atoms with Gasteiger partial charge >= 0.3 is 5.63 Å². The Hall–Kier alpha value is -1.62. The molecule has 0 radical (unpaired) electrons. The van der Waals surface area contributed by atoms with Crippen LogP contribution < -0.4 is 5.63 Å². The van der Waals surface area contributed by atoms with Gasteiger partial charge in [0.05, 0.1) is 10.5 Å². The van der Waals surface area contributed by atoms with Gasteiger partial charge in [0.25, 0.3) is 0 Å². The monoisotopic (exact) mass is 357 g/mol. The van der Waals surface area contributed by atoms with Gasteiger partial charge < -0.3 is 4.42 Å². The Bertz CT molecular complexity index is 924. The van der Waals surface area contributed by atoms with E-state index in [1.807, 2.05) is 0 Å². The molecule has 0 amide bonds. The number of fused-ring (bicyclic) bond motifs is 1. The maximum Gasteiger partial charge on any atom is 0.348 e. The fourth-order valence-corrected chi connectivity index (χ4v) is 2.83. The molecule has 0 aliphatic heterocycles. The molecule has 3 nitrogen and oxygen atoms in total. The van der Waals surface area contributed by atoms with Gasteiger partial charge in [-0.1, -0.05) is 46.9 Å². The molecular formula is C15H7Cl3FNO2. The summed E-state index contributed by atoms with van der Waals surface area (Å²) < 4.78 is 19.1. The molecule has 7 heteroatoms. The Labute approximate surface area is 139 Å². The summed E-state index contributed by atoms with van der Waals surface area (Å²) in [5, 5.41) is 0.400. The number of benzene rings is 2. The molecule has 0 saturated heterocycles. The zero-order chi connectivity index (χ0) is 15.9. The van der Waals surface area contributed by atoms with Gasteiger partial charge in [0.15, 0.2) is 0 Å². The molecule has 0 bridgehead atoms. The van der Waals surface area contributed by atoms with Crippen LogP contribution in [0.4, 0.5) is 4.39 Å². The van der Waals surface area contributed by atoms with E-state index in [9.17, 15) is 9.18 Å². The lowest BCUT2D eigenvalue weighted by Gasteiger charge is -2.10. The van der Waals surface area contributed by atoms with Gasteiger partial charge in [-0.3, -0.25) is 0 Å². The van der Waals surface area contributed by atoms with Crippen molar-refractivity contribution in [3.05, 3.63) is 63.2 Å². The van der Waals surface area contributed by atoms with Crippen molar-refractivity contribution in [2.75, 3.05) is 0 Å². The van der Waals surface area contributed by atoms with E-state index in [2.05, 4.69) is 4.98 Å². The van der Waals surface area contributed by atoms with E-state index in [1.165, 1.54) is 18.2 Å². The summed E-state index contributed by atoms with van der Waals surface area (Å²) in [6.45, 7) is 0. The molecule has 0 fully saturated rings. The average Bonchev–Trinajstić information content (AvgIpc) is 2.46. The van der Waals surface area contributed by atoms with E-state index in [-0.39, 0.29) is 27.4 Å². The first-order valence-corrected chi connectivity index (χ1v) is 7.40. The Morgan fingerprint density at radius 1 is 1.14 bits per heavy atom. The van der Waals surface area contributed by atoms with Crippen LogP contribution in [-0.2, 0) is 0 Å². The van der Waals surface area contributed by atoms with Crippen molar-refractivity contribution in [1.82, 2.24) is 4.98 Å². The van der Waals surface area contributed by atoms with E-state index in [1.54, 1.807) is 18.2 Å². The van der Waals surface area contributed by atoms with Gasteiger partial charge in [-0.25, -0.2) is 14.2 Å². The smallest absolute Gasteiger partial charge is 0.348 e. The molecule has 22 heavy (non-hydrogen) atoms. The van der Waals surface area contributed by atoms with Gasteiger partial charge in [0.2, 0.25) is 5.89 Å². The first kappa shape index (κ1) is 15.3. The van der Waals surface area contributed by atoms with Crippen LogP contribution in [0.1, 0.15) is 10.4 Å². The third-order valence-electron chi connectivity index (χ3n) is 3.11. The Kier molecular flexibility index (Phi) is 4.08. The van der Waals surface area contributed by atoms with Crippen molar-refractivity contribution in [2.45, 2.75) is 4.84 Å². The molecule has 1 heterocycles. The summed E-state index contributed by atoms with van der Waals surface area (Å²) in [4.78, 5) is 15.2. The number of alkyl halides is 2. The lowest BCUT2D eigenvalue weighted by atomic mass is 10.1. The summed E-state index contributed by atoms with van der Waals surface area (Å²) in [5.74, 6) is -0.677. The predicted molar refractivity (Wildman–Crippen MR) is 85.1 cm³/mol.